The number of rotatable bonds is 3. The van der Waals surface area contributed by atoms with E-state index in [0.717, 1.165) is 10.4 Å². The van der Waals surface area contributed by atoms with Gasteiger partial charge in [-0.3, -0.25) is 10.1 Å². The van der Waals surface area contributed by atoms with Crippen molar-refractivity contribution in [2.45, 2.75) is 3.52 Å². The Morgan fingerprint density at radius 2 is 1.71 bits per heavy atom. The fraction of sp³-hybridized carbons (Fsp3) is 0.100. The second-order valence-corrected chi connectivity index (χ2v) is 7.62. The van der Waals surface area contributed by atoms with Gasteiger partial charge in [-0.05, 0) is 18.4 Å². The normalized spacial score (nSPS) is 10.7. The van der Waals surface area contributed by atoms with Crippen molar-refractivity contribution >= 4 is 40.1 Å². The van der Waals surface area contributed by atoms with E-state index in [2.05, 4.69) is 5.38 Å². The number of hydrogen-bond acceptors (Lipinski definition) is 8. The molecular formula is C10H8ClNO6S3. The van der Waals surface area contributed by atoms with Gasteiger partial charge in [0, 0.05) is 17.7 Å². The van der Waals surface area contributed by atoms with E-state index in [9.17, 15) is 10.1 Å². The summed E-state index contributed by atoms with van der Waals surface area (Å²) >= 11 is 5.14. The average Bonchev–Trinajstić information content (AvgIpc) is 2.85. The molecule has 2 aromatic rings. The third-order valence-electron chi connectivity index (χ3n) is 1.98. The monoisotopic (exact) mass is 369 g/mol. The number of halogens is 1. The van der Waals surface area contributed by atoms with E-state index in [1.807, 2.05) is 6.26 Å². The molecule has 0 spiro atoms. The predicted octanol–water partition coefficient (Wildman–Crippen LogP) is -0.368. The average molecular weight is 370 g/mol. The van der Waals surface area contributed by atoms with Crippen LogP contribution < -0.4 is 18.6 Å². The van der Waals surface area contributed by atoms with E-state index in [-0.39, 0.29) is 10.6 Å². The van der Waals surface area contributed by atoms with Crippen LogP contribution in [0.2, 0.25) is 0 Å². The summed E-state index contributed by atoms with van der Waals surface area (Å²) < 4.78 is 35.3. The summed E-state index contributed by atoms with van der Waals surface area (Å²) in [7, 11) is -4.94. The third-order valence-corrected chi connectivity index (χ3v) is 5.83. The van der Waals surface area contributed by atoms with Gasteiger partial charge in [-0.1, -0.05) is 11.8 Å². The van der Waals surface area contributed by atoms with Gasteiger partial charge in [-0.25, -0.2) is 18.6 Å². The minimum atomic E-state index is -4.94. The molecule has 0 N–H and O–H groups in total. The number of nitro groups is 1. The lowest BCUT2D eigenvalue weighted by Gasteiger charge is -2.17. The van der Waals surface area contributed by atoms with E-state index >= 15 is 0 Å². The molecule has 2 rings (SSSR count). The molecule has 0 atom stereocenters. The maximum Gasteiger partial charge on any atom is 0.312 e. The number of thioether (sulfide) groups is 1. The maximum absolute atomic E-state index is 10.5. The van der Waals surface area contributed by atoms with E-state index in [0.29, 0.717) is 0 Å². The zero-order valence-corrected chi connectivity index (χ0v) is 13.6. The Morgan fingerprint density at radius 1 is 1.19 bits per heavy atom. The standard InChI is InChI=1S/C10H8NO2S3.ClHO4/c1-14-10-15-6-9(16-10)7-2-4-8(5-3-7)11(12)13;2-1(3,4)5/h2-6H,1H3;(H,2,3,4,5)/q+1;/p-1. The molecule has 21 heavy (non-hydrogen) atoms. The van der Waals surface area contributed by atoms with Crippen molar-refractivity contribution in [1.29, 1.82) is 0 Å². The van der Waals surface area contributed by atoms with E-state index in [1.165, 1.54) is 3.52 Å². The summed E-state index contributed by atoms with van der Waals surface area (Å²) in [5.74, 6) is 0. The van der Waals surface area contributed by atoms with Gasteiger partial charge in [0.1, 0.15) is 16.7 Å². The molecule has 0 radical (unpaired) electrons. The molecular weight excluding hydrogens is 362 g/mol. The molecule has 0 amide bonds. The first-order valence-electron chi connectivity index (χ1n) is 5.03. The van der Waals surface area contributed by atoms with Crippen molar-refractivity contribution in [1.82, 2.24) is 0 Å². The molecule has 0 saturated heterocycles. The summed E-state index contributed by atoms with van der Waals surface area (Å²) in [6.07, 6.45) is 2.04. The number of hydrogen-bond donors (Lipinski definition) is 0. The summed E-state index contributed by atoms with van der Waals surface area (Å²) in [6, 6.07) is 6.67. The number of non-ortho nitro benzene ring substituents is 1. The highest BCUT2D eigenvalue weighted by Gasteiger charge is 2.15. The van der Waals surface area contributed by atoms with Crippen molar-refractivity contribution < 1.29 is 33.8 Å². The molecule has 0 saturated carbocycles. The minimum absolute atomic E-state index is 0.133. The van der Waals surface area contributed by atoms with Crippen LogP contribution in [0.4, 0.5) is 5.69 Å². The molecule has 0 bridgehead atoms. The quantitative estimate of drug-likeness (QED) is 0.311. The van der Waals surface area contributed by atoms with Crippen molar-refractivity contribution in [2.75, 3.05) is 6.26 Å². The Hall–Kier alpha value is -0.850. The summed E-state index contributed by atoms with van der Waals surface area (Å²) in [5.41, 5.74) is 1.17. The van der Waals surface area contributed by atoms with Gasteiger partial charge in [0.15, 0.2) is 4.88 Å². The topological polar surface area (TPSA) is 135 Å². The van der Waals surface area contributed by atoms with E-state index < -0.39 is 10.2 Å². The molecule has 1 aromatic heterocycles. The lowest BCUT2D eigenvalue weighted by atomic mass is 10.2. The fourth-order valence-electron chi connectivity index (χ4n) is 1.20. The van der Waals surface area contributed by atoms with Gasteiger partial charge in [0.25, 0.3) is 5.69 Å². The highest BCUT2D eigenvalue weighted by Crippen LogP contribution is 2.37. The molecule has 0 aliphatic carbocycles. The minimum Gasteiger partial charge on any atom is -0.258 e. The molecule has 114 valence electrons. The molecule has 0 fully saturated rings. The second kappa shape index (κ2) is 7.96. The van der Waals surface area contributed by atoms with Crippen LogP contribution in [0.5, 0.6) is 0 Å². The second-order valence-electron chi connectivity index (χ2n) is 3.34. The van der Waals surface area contributed by atoms with E-state index in [4.69, 9.17) is 18.6 Å². The zero-order chi connectivity index (χ0) is 16.0. The Balaban J connectivity index is 0.000000383. The van der Waals surface area contributed by atoms with Gasteiger partial charge in [0.05, 0.1) is 16.3 Å². The molecule has 1 heterocycles. The van der Waals surface area contributed by atoms with Crippen LogP contribution in [0.15, 0.2) is 33.2 Å². The van der Waals surface area contributed by atoms with Gasteiger partial charge in [-0.15, -0.1) is 10.2 Å². The highest BCUT2D eigenvalue weighted by molar-refractivity contribution is 8.02. The van der Waals surface area contributed by atoms with Crippen molar-refractivity contribution in [2.24, 2.45) is 0 Å². The molecule has 1 aromatic carbocycles. The van der Waals surface area contributed by atoms with Crippen LogP contribution in [0.1, 0.15) is 0 Å². The zero-order valence-electron chi connectivity index (χ0n) is 10.4. The third kappa shape index (κ3) is 7.11. The Kier molecular flexibility index (Phi) is 6.90. The first kappa shape index (κ1) is 18.2. The van der Waals surface area contributed by atoms with Crippen LogP contribution in [-0.2, 0) is 0 Å². The number of benzene rings is 1. The maximum atomic E-state index is 10.5. The molecule has 0 aliphatic heterocycles. The Bertz CT molecular complexity index is 592. The summed E-state index contributed by atoms with van der Waals surface area (Å²) in [4.78, 5) is 11.3. The number of nitro benzene ring substituents is 1. The first-order valence-corrected chi connectivity index (χ1v) is 9.18. The van der Waals surface area contributed by atoms with Gasteiger partial charge in [-0.2, -0.15) is 0 Å². The van der Waals surface area contributed by atoms with Crippen molar-refractivity contribution in [3.8, 4) is 10.4 Å². The van der Waals surface area contributed by atoms with Crippen LogP contribution >= 0.6 is 34.4 Å². The SMILES string of the molecule is CSc1sc(-c2ccc([N+](=O)[O-])cc2)c[s+]1.[O-][Cl+3]([O-])([O-])[O-]. The molecule has 0 aliphatic rings. The molecule has 7 nitrogen and oxygen atoms in total. The van der Waals surface area contributed by atoms with Gasteiger partial charge in [0.2, 0.25) is 0 Å². The summed E-state index contributed by atoms with van der Waals surface area (Å²) in [6.45, 7) is 0. The Labute approximate surface area is 134 Å². The Morgan fingerprint density at radius 3 is 2.10 bits per heavy atom. The molecule has 0 unspecified atom stereocenters. The van der Waals surface area contributed by atoms with Gasteiger partial charge < -0.3 is 0 Å². The van der Waals surface area contributed by atoms with Crippen LogP contribution in [-0.4, -0.2) is 11.2 Å². The van der Waals surface area contributed by atoms with Crippen LogP contribution in [0, 0.1) is 20.4 Å². The lowest BCUT2D eigenvalue weighted by Crippen LogP contribution is -2.68. The fourth-order valence-corrected chi connectivity index (χ4v) is 4.05. The van der Waals surface area contributed by atoms with Crippen LogP contribution in [0.3, 0.4) is 0 Å². The summed E-state index contributed by atoms with van der Waals surface area (Å²) in [5, 5.41) is 12.6. The highest BCUT2D eigenvalue weighted by atomic mass is 35.7. The van der Waals surface area contributed by atoms with Gasteiger partial charge >= 0.3 is 3.52 Å². The smallest absolute Gasteiger partial charge is 0.258 e. The first-order chi connectivity index (χ1) is 9.70. The lowest BCUT2D eigenvalue weighted by molar-refractivity contribution is -2.00. The van der Waals surface area contributed by atoms with Crippen LogP contribution in [0.25, 0.3) is 10.4 Å². The molecule has 11 heteroatoms. The predicted molar refractivity (Wildman–Crippen MR) is 70.5 cm³/mol. The number of nitrogens with zero attached hydrogens (tertiary/aromatic N) is 1. The van der Waals surface area contributed by atoms with Crippen molar-refractivity contribution in [3.63, 3.8) is 0 Å². The van der Waals surface area contributed by atoms with E-state index in [1.54, 1.807) is 58.7 Å². The van der Waals surface area contributed by atoms with Crippen molar-refractivity contribution in [3.05, 3.63) is 39.8 Å². The largest absolute Gasteiger partial charge is 0.312 e.